The molecular formula is C18H21N5O2. The molecule has 0 radical (unpaired) electrons. The Balaban J connectivity index is 1.41. The van der Waals surface area contributed by atoms with Crippen LogP contribution in [0.5, 0.6) is 0 Å². The predicted molar refractivity (Wildman–Crippen MR) is 91.8 cm³/mol. The van der Waals surface area contributed by atoms with Gasteiger partial charge in [-0.25, -0.2) is 9.97 Å². The second kappa shape index (κ2) is 6.85. The standard InChI is InChI=1S/C18H21N5O2/c24-17-12-25-18(13-23(17)16-9-19-14-20-10-16)4-7-22(8-5-18)11-15-3-1-2-6-21-15/h1-3,6,9-10,14H,4-5,7-8,11-13H2. The first-order valence-corrected chi connectivity index (χ1v) is 8.56. The Bertz CT molecular complexity index is 717. The van der Waals surface area contributed by atoms with Crippen LogP contribution in [0.2, 0.25) is 0 Å². The van der Waals surface area contributed by atoms with Gasteiger partial charge in [0.25, 0.3) is 5.91 Å². The number of nitrogens with zero attached hydrogens (tertiary/aromatic N) is 5. The van der Waals surface area contributed by atoms with Gasteiger partial charge in [-0.15, -0.1) is 0 Å². The number of amides is 1. The summed E-state index contributed by atoms with van der Waals surface area (Å²) in [5.41, 5.74) is 1.55. The van der Waals surface area contributed by atoms with Gasteiger partial charge in [0.05, 0.1) is 35.9 Å². The maximum Gasteiger partial charge on any atom is 0.253 e. The van der Waals surface area contributed by atoms with Crippen LogP contribution in [0.15, 0.2) is 43.1 Å². The Morgan fingerprint density at radius 1 is 1.16 bits per heavy atom. The van der Waals surface area contributed by atoms with Crippen molar-refractivity contribution in [2.45, 2.75) is 25.0 Å². The van der Waals surface area contributed by atoms with Crippen molar-refractivity contribution < 1.29 is 9.53 Å². The van der Waals surface area contributed by atoms with Crippen LogP contribution in [0.3, 0.4) is 0 Å². The number of hydrogen-bond acceptors (Lipinski definition) is 6. The van der Waals surface area contributed by atoms with Crippen molar-refractivity contribution in [3.63, 3.8) is 0 Å². The van der Waals surface area contributed by atoms with Gasteiger partial charge in [-0.2, -0.15) is 0 Å². The van der Waals surface area contributed by atoms with Gasteiger partial charge in [-0.1, -0.05) is 6.07 Å². The third kappa shape index (κ3) is 3.52. The SMILES string of the molecule is O=C1COC2(CCN(Cc3ccccn3)CC2)CN1c1cncnc1. The molecule has 25 heavy (non-hydrogen) atoms. The summed E-state index contributed by atoms with van der Waals surface area (Å²) in [4.78, 5) is 28.9. The van der Waals surface area contributed by atoms with E-state index in [-0.39, 0.29) is 18.1 Å². The zero-order chi connectivity index (χ0) is 17.1. The lowest BCUT2D eigenvalue weighted by Gasteiger charge is -2.46. The molecule has 0 unspecified atom stereocenters. The summed E-state index contributed by atoms with van der Waals surface area (Å²) in [5, 5.41) is 0. The van der Waals surface area contributed by atoms with E-state index in [1.54, 1.807) is 17.3 Å². The van der Waals surface area contributed by atoms with E-state index >= 15 is 0 Å². The first-order chi connectivity index (χ1) is 12.2. The molecule has 7 nitrogen and oxygen atoms in total. The van der Waals surface area contributed by atoms with E-state index in [2.05, 4.69) is 25.9 Å². The molecule has 2 aromatic rings. The Morgan fingerprint density at radius 3 is 2.68 bits per heavy atom. The lowest BCUT2D eigenvalue weighted by molar-refractivity contribution is -0.145. The number of ether oxygens (including phenoxy) is 1. The normalized spacial score (nSPS) is 20.8. The van der Waals surface area contributed by atoms with Gasteiger partial charge in [0.15, 0.2) is 0 Å². The van der Waals surface area contributed by atoms with Crippen LogP contribution in [0.1, 0.15) is 18.5 Å². The lowest BCUT2D eigenvalue weighted by Crippen LogP contribution is -2.59. The summed E-state index contributed by atoms with van der Waals surface area (Å²) in [6.45, 7) is 3.41. The van der Waals surface area contributed by atoms with Crippen LogP contribution >= 0.6 is 0 Å². The molecule has 7 heteroatoms. The molecule has 1 spiro atoms. The van der Waals surface area contributed by atoms with Gasteiger partial charge in [0.1, 0.15) is 12.9 Å². The molecule has 0 saturated carbocycles. The van der Waals surface area contributed by atoms with Gasteiger partial charge < -0.3 is 9.64 Å². The summed E-state index contributed by atoms with van der Waals surface area (Å²) in [7, 11) is 0. The minimum atomic E-state index is -0.273. The molecule has 2 saturated heterocycles. The molecule has 0 aliphatic carbocycles. The van der Waals surface area contributed by atoms with E-state index in [1.165, 1.54) is 6.33 Å². The first-order valence-electron chi connectivity index (χ1n) is 8.56. The fraction of sp³-hybridized carbons (Fsp3) is 0.444. The second-order valence-corrected chi connectivity index (χ2v) is 6.65. The van der Waals surface area contributed by atoms with E-state index in [1.807, 2.05) is 18.3 Å². The number of anilines is 1. The number of carbonyl (C=O) groups excluding carboxylic acids is 1. The van der Waals surface area contributed by atoms with Gasteiger partial charge >= 0.3 is 0 Å². The number of hydrogen-bond donors (Lipinski definition) is 0. The first kappa shape index (κ1) is 16.1. The molecule has 2 aromatic heterocycles. The maximum atomic E-state index is 12.3. The Kier molecular flexibility index (Phi) is 4.42. The third-order valence-electron chi connectivity index (χ3n) is 4.99. The average Bonchev–Trinajstić information content (AvgIpc) is 2.67. The van der Waals surface area contributed by atoms with E-state index in [9.17, 15) is 4.79 Å². The minimum absolute atomic E-state index is 0.0312. The van der Waals surface area contributed by atoms with Crippen molar-refractivity contribution in [3.05, 3.63) is 48.8 Å². The number of aromatic nitrogens is 3. The van der Waals surface area contributed by atoms with Crippen molar-refractivity contribution in [1.82, 2.24) is 19.9 Å². The smallest absolute Gasteiger partial charge is 0.253 e. The fourth-order valence-corrected chi connectivity index (χ4v) is 3.52. The summed E-state index contributed by atoms with van der Waals surface area (Å²) < 4.78 is 5.99. The van der Waals surface area contributed by atoms with Crippen molar-refractivity contribution in [1.29, 1.82) is 0 Å². The molecule has 4 rings (SSSR count). The number of likely N-dealkylation sites (tertiary alicyclic amines) is 1. The predicted octanol–water partition coefficient (Wildman–Crippen LogP) is 1.27. The number of pyridine rings is 1. The van der Waals surface area contributed by atoms with Crippen LogP contribution < -0.4 is 4.90 Å². The van der Waals surface area contributed by atoms with Crippen molar-refractivity contribution in [3.8, 4) is 0 Å². The number of carbonyl (C=O) groups is 1. The highest BCUT2D eigenvalue weighted by molar-refractivity contribution is 5.94. The Morgan fingerprint density at radius 2 is 1.96 bits per heavy atom. The Hall–Kier alpha value is -2.38. The maximum absolute atomic E-state index is 12.3. The highest BCUT2D eigenvalue weighted by Gasteiger charge is 2.42. The van der Waals surface area contributed by atoms with Crippen LogP contribution in [0.25, 0.3) is 0 Å². The van der Waals surface area contributed by atoms with Crippen molar-refractivity contribution >= 4 is 11.6 Å². The zero-order valence-corrected chi connectivity index (χ0v) is 14.0. The minimum Gasteiger partial charge on any atom is -0.363 e. The average molecular weight is 339 g/mol. The van der Waals surface area contributed by atoms with Crippen molar-refractivity contribution in [2.75, 3.05) is 31.1 Å². The summed E-state index contributed by atoms with van der Waals surface area (Å²) in [5.74, 6) is -0.0312. The molecule has 2 aliphatic heterocycles. The summed E-state index contributed by atoms with van der Waals surface area (Å²) in [6, 6.07) is 6.00. The van der Waals surface area contributed by atoms with Crippen LogP contribution in [-0.2, 0) is 16.1 Å². The molecule has 2 aliphatic rings. The van der Waals surface area contributed by atoms with Gasteiger partial charge in [-0.05, 0) is 25.0 Å². The van der Waals surface area contributed by atoms with Crippen LogP contribution in [-0.4, -0.2) is 57.6 Å². The molecule has 130 valence electrons. The molecule has 1 amide bonds. The van der Waals surface area contributed by atoms with Gasteiger partial charge in [0, 0.05) is 25.8 Å². The topological polar surface area (TPSA) is 71.5 Å². The number of morpholine rings is 1. The van der Waals surface area contributed by atoms with E-state index in [0.717, 1.165) is 43.9 Å². The second-order valence-electron chi connectivity index (χ2n) is 6.65. The van der Waals surface area contributed by atoms with E-state index in [0.29, 0.717) is 6.54 Å². The molecular weight excluding hydrogens is 318 g/mol. The monoisotopic (exact) mass is 339 g/mol. The third-order valence-corrected chi connectivity index (χ3v) is 4.99. The van der Waals surface area contributed by atoms with Gasteiger partial charge in [0.2, 0.25) is 0 Å². The summed E-state index contributed by atoms with van der Waals surface area (Å²) >= 11 is 0. The number of piperidine rings is 1. The van der Waals surface area contributed by atoms with Gasteiger partial charge in [-0.3, -0.25) is 14.7 Å². The quantitative estimate of drug-likeness (QED) is 0.839. The Labute approximate surface area is 146 Å². The lowest BCUT2D eigenvalue weighted by atomic mass is 9.89. The highest BCUT2D eigenvalue weighted by Crippen LogP contribution is 2.32. The largest absolute Gasteiger partial charge is 0.363 e. The highest BCUT2D eigenvalue weighted by atomic mass is 16.5. The zero-order valence-electron chi connectivity index (χ0n) is 14.0. The molecule has 0 atom stereocenters. The fourth-order valence-electron chi connectivity index (χ4n) is 3.52. The van der Waals surface area contributed by atoms with Crippen LogP contribution in [0, 0.1) is 0 Å². The van der Waals surface area contributed by atoms with Crippen LogP contribution in [0.4, 0.5) is 5.69 Å². The van der Waals surface area contributed by atoms with E-state index < -0.39 is 0 Å². The van der Waals surface area contributed by atoms with E-state index in [4.69, 9.17) is 4.74 Å². The summed E-state index contributed by atoms with van der Waals surface area (Å²) in [6.07, 6.45) is 8.46. The van der Waals surface area contributed by atoms with Crippen molar-refractivity contribution in [2.24, 2.45) is 0 Å². The molecule has 4 heterocycles. The molecule has 0 N–H and O–H groups in total. The molecule has 2 fully saturated rings. The molecule has 0 bridgehead atoms. The number of rotatable bonds is 3. The molecule has 0 aromatic carbocycles.